The summed E-state index contributed by atoms with van der Waals surface area (Å²) in [4.78, 5) is 4.73. The van der Waals surface area contributed by atoms with Gasteiger partial charge < -0.3 is 5.32 Å². The first kappa shape index (κ1) is 14.3. The number of sulfonamides is 1. The molecule has 1 unspecified atom stereocenters. The van der Waals surface area contributed by atoms with Gasteiger partial charge in [0.1, 0.15) is 5.84 Å². The van der Waals surface area contributed by atoms with Crippen molar-refractivity contribution in [1.82, 2.24) is 10.0 Å². The highest BCUT2D eigenvalue weighted by atomic mass is 35.5. The SMILES string of the molecule is Cl.O=S1(=O)NC(=NCC2CCCN2)c2ccccc21. The lowest BCUT2D eigenvalue weighted by Gasteiger charge is -2.06. The van der Waals surface area contributed by atoms with Gasteiger partial charge in [0, 0.05) is 11.6 Å². The average molecular weight is 302 g/mol. The molecule has 0 bridgehead atoms. The maximum absolute atomic E-state index is 11.9. The summed E-state index contributed by atoms with van der Waals surface area (Å²) >= 11 is 0. The number of halogens is 1. The standard InChI is InChI=1S/C12H15N3O2S.ClH/c16-18(17)11-6-2-1-5-10(11)12(15-18)14-8-9-4-3-7-13-9;/h1-2,5-6,9,13H,3-4,7-8H2,(H,14,15);1H. The topological polar surface area (TPSA) is 70.6 Å². The number of amidine groups is 1. The van der Waals surface area contributed by atoms with Crippen LogP contribution in [0, 0.1) is 0 Å². The van der Waals surface area contributed by atoms with E-state index in [1.807, 2.05) is 6.07 Å². The number of fused-ring (bicyclic) bond motifs is 1. The quantitative estimate of drug-likeness (QED) is 0.852. The first-order valence-corrected chi connectivity index (χ1v) is 7.55. The second-order valence-electron chi connectivity index (χ2n) is 4.58. The first-order valence-electron chi connectivity index (χ1n) is 6.07. The normalized spacial score (nSPS) is 25.7. The predicted octanol–water partition coefficient (Wildman–Crippen LogP) is 0.899. The van der Waals surface area contributed by atoms with Crippen LogP contribution < -0.4 is 10.0 Å². The lowest BCUT2D eigenvalue weighted by molar-refractivity contribution is 0.594. The van der Waals surface area contributed by atoms with Gasteiger partial charge in [-0.1, -0.05) is 12.1 Å². The average Bonchev–Trinajstić information content (AvgIpc) is 2.95. The highest BCUT2D eigenvalue weighted by molar-refractivity contribution is 7.90. The molecule has 1 fully saturated rings. The minimum absolute atomic E-state index is 0. The number of hydrogen-bond acceptors (Lipinski definition) is 4. The Kier molecular flexibility index (Phi) is 4.13. The molecule has 2 heterocycles. The molecule has 7 heteroatoms. The Bertz CT molecular complexity index is 595. The molecule has 2 aliphatic heterocycles. The van der Waals surface area contributed by atoms with Crippen molar-refractivity contribution >= 4 is 28.3 Å². The van der Waals surface area contributed by atoms with Crippen molar-refractivity contribution in [3.63, 3.8) is 0 Å². The van der Waals surface area contributed by atoms with E-state index in [0.29, 0.717) is 28.9 Å². The number of nitrogens with zero attached hydrogens (tertiary/aromatic N) is 1. The van der Waals surface area contributed by atoms with E-state index in [-0.39, 0.29) is 12.4 Å². The van der Waals surface area contributed by atoms with Crippen LogP contribution in [0.25, 0.3) is 0 Å². The van der Waals surface area contributed by atoms with E-state index in [2.05, 4.69) is 15.0 Å². The van der Waals surface area contributed by atoms with Gasteiger partial charge in [0.15, 0.2) is 0 Å². The molecule has 19 heavy (non-hydrogen) atoms. The Balaban J connectivity index is 0.00000133. The predicted molar refractivity (Wildman–Crippen MR) is 76.4 cm³/mol. The maximum atomic E-state index is 11.9. The Morgan fingerprint density at radius 3 is 2.84 bits per heavy atom. The van der Waals surface area contributed by atoms with Crippen LogP contribution in [0.5, 0.6) is 0 Å². The van der Waals surface area contributed by atoms with Gasteiger partial charge in [-0.25, -0.2) is 8.42 Å². The molecule has 1 aromatic rings. The lowest BCUT2D eigenvalue weighted by atomic mass is 10.2. The van der Waals surface area contributed by atoms with Crippen LogP contribution in [0.3, 0.4) is 0 Å². The van der Waals surface area contributed by atoms with Crippen LogP contribution in [0.1, 0.15) is 18.4 Å². The summed E-state index contributed by atoms with van der Waals surface area (Å²) in [5, 5.41) is 3.34. The number of nitrogens with one attached hydrogen (secondary N) is 2. The minimum atomic E-state index is -3.40. The second-order valence-corrected chi connectivity index (χ2v) is 6.24. The molecule has 5 nitrogen and oxygen atoms in total. The van der Waals surface area contributed by atoms with Gasteiger partial charge in [-0.2, -0.15) is 0 Å². The molecule has 2 N–H and O–H groups in total. The second kappa shape index (κ2) is 5.48. The maximum Gasteiger partial charge on any atom is 0.263 e. The molecule has 0 spiro atoms. The molecule has 1 atom stereocenters. The minimum Gasteiger partial charge on any atom is -0.312 e. The van der Waals surface area contributed by atoms with Crippen molar-refractivity contribution in [3.05, 3.63) is 29.8 Å². The molecule has 3 rings (SSSR count). The molecule has 0 aliphatic carbocycles. The van der Waals surface area contributed by atoms with Gasteiger partial charge in [-0.3, -0.25) is 9.71 Å². The van der Waals surface area contributed by atoms with Gasteiger partial charge >= 0.3 is 0 Å². The van der Waals surface area contributed by atoms with Crippen molar-refractivity contribution in [3.8, 4) is 0 Å². The van der Waals surface area contributed by atoms with Crippen LogP contribution in [-0.4, -0.2) is 33.4 Å². The molecular weight excluding hydrogens is 286 g/mol. The fraction of sp³-hybridized carbons (Fsp3) is 0.417. The fourth-order valence-corrected chi connectivity index (χ4v) is 3.62. The van der Waals surface area contributed by atoms with E-state index in [0.717, 1.165) is 19.4 Å². The first-order chi connectivity index (χ1) is 8.67. The van der Waals surface area contributed by atoms with E-state index in [1.165, 1.54) is 0 Å². The van der Waals surface area contributed by atoms with Crippen molar-refractivity contribution in [2.75, 3.05) is 13.1 Å². The number of aliphatic imine (C=N–C) groups is 1. The molecule has 1 saturated heterocycles. The molecule has 0 saturated carbocycles. The third kappa shape index (κ3) is 2.75. The smallest absolute Gasteiger partial charge is 0.263 e. The zero-order chi connectivity index (χ0) is 12.6. The van der Waals surface area contributed by atoms with Gasteiger partial charge in [0.2, 0.25) is 0 Å². The van der Waals surface area contributed by atoms with Crippen LogP contribution in [0.15, 0.2) is 34.2 Å². The molecule has 1 aromatic carbocycles. The Morgan fingerprint density at radius 1 is 1.32 bits per heavy atom. The Labute approximate surface area is 119 Å². The number of benzene rings is 1. The zero-order valence-corrected chi connectivity index (χ0v) is 11.9. The van der Waals surface area contributed by atoms with Crippen molar-refractivity contribution in [2.24, 2.45) is 4.99 Å². The van der Waals surface area contributed by atoms with Crippen molar-refractivity contribution in [1.29, 1.82) is 0 Å². The zero-order valence-electron chi connectivity index (χ0n) is 10.3. The van der Waals surface area contributed by atoms with Crippen LogP contribution in [0.2, 0.25) is 0 Å². The van der Waals surface area contributed by atoms with E-state index in [4.69, 9.17) is 0 Å². The summed E-state index contributed by atoms with van der Waals surface area (Å²) in [5.74, 6) is 0.472. The van der Waals surface area contributed by atoms with Gasteiger partial charge in [0.05, 0.1) is 11.4 Å². The molecule has 104 valence electrons. The van der Waals surface area contributed by atoms with Gasteiger partial charge in [-0.05, 0) is 31.5 Å². The van der Waals surface area contributed by atoms with Crippen LogP contribution in [0.4, 0.5) is 0 Å². The fourth-order valence-electron chi connectivity index (χ4n) is 2.37. The summed E-state index contributed by atoms with van der Waals surface area (Å²) in [6.45, 7) is 1.64. The van der Waals surface area contributed by atoms with Crippen LogP contribution in [-0.2, 0) is 10.0 Å². The summed E-state index contributed by atoms with van der Waals surface area (Å²) in [6.07, 6.45) is 2.27. The van der Waals surface area contributed by atoms with Gasteiger partial charge in [0.25, 0.3) is 10.0 Å². The van der Waals surface area contributed by atoms with E-state index in [1.54, 1.807) is 18.2 Å². The van der Waals surface area contributed by atoms with E-state index in [9.17, 15) is 8.42 Å². The molecular formula is C12H16ClN3O2S. The van der Waals surface area contributed by atoms with Crippen molar-refractivity contribution in [2.45, 2.75) is 23.8 Å². The summed E-state index contributed by atoms with van der Waals surface area (Å²) in [7, 11) is -3.40. The lowest BCUT2D eigenvalue weighted by Crippen LogP contribution is -2.27. The summed E-state index contributed by atoms with van der Waals surface area (Å²) < 4.78 is 26.2. The molecule has 0 radical (unpaired) electrons. The largest absolute Gasteiger partial charge is 0.312 e. The van der Waals surface area contributed by atoms with Gasteiger partial charge in [-0.15, -0.1) is 12.4 Å². The third-order valence-corrected chi connectivity index (χ3v) is 4.69. The molecule has 2 aliphatic rings. The molecule has 0 amide bonds. The van der Waals surface area contributed by atoms with Crippen molar-refractivity contribution < 1.29 is 8.42 Å². The Morgan fingerprint density at radius 2 is 2.11 bits per heavy atom. The Hall–Kier alpha value is -1.11. The monoisotopic (exact) mass is 301 g/mol. The summed E-state index contributed by atoms with van der Waals surface area (Å²) in [5.41, 5.74) is 0.676. The molecule has 0 aromatic heterocycles. The summed E-state index contributed by atoms with van der Waals surface area (Å²) in [6, 6.07) is 7.31. The number of hydrogen-bond donors (Lipinski definition) is 2. The number of rotatable bonds is 2. The van der Waals surface area contributed by atoms with E-state index >= 15 is 0 Å². The highest BCUT2D eigenvalue weighted by Crippen LogP contribution is 2.22. The third-order valence-electron chi connectivity index (χ3n) is 3.29. The highest BCUT2D eigenvalue weighted by Gasteiger charge is 2.30. The van der Waals surface area contributed by atoms with E-state index < -0.39 is 10.0 Å². The van der Waals surface area contributed by atoms with Crippen LogP contribution >= 0.6 is 12.4 Å².